The maximum absolute atomic E-state index is 13.3. The Balaban J connectivity index is 1.65. The van der Waals surface area contributed by atoms with Crippen molar-refractivity contribution < 1.29 is 13.6 Å². The standard InChI is InChI=1S/C16H16F2N2OS/c1-10(11-2-3-13(17)14(18)8-11)19-16(21)20-6-4-15-12(9-20)5-7-22-15/h2-3,5,7-8,10H,4,6,9H2,1H3,(H,19,21). The summed E-state index contributed by atoms with van der Waals surface area (Å²) < 4.78 is 26.2. The molecule has 0 radical (unpaired) electrons. The van der Waals surface area contributed by atoms with Crippen LogP contribution in [0.2, 0.25) is 0 Å². The number of hydrogen-bond donors (Lipinski definition) is 1. The van der Waals surface area contributed by atoms with E-state index in [9.17, 15) is 13.6 Å². The first-order chi connectivity index (χ1) is 10.5. The fourth-order valence-corrected chi connectivity index (χ4v) is 3.45. The van der Waals surface area contributed by atoms with Crippen molar-refractivity contribution in [2.24, 2.45) is 0 Å². The van der Waals surface area contributed by atoms with Crippen molar-refractivity contribution >= 4 is 17.4 Å². The maximum atomic E-state index is 13.3. The highest BCUT2D eigenvalue weighted by Crippen LogP contribution is 2.24. The molecule has 1 N–H and O–H groups in total. The molecule has 2 amide bonds. The molecule has 3 nitrogen and oxygen atoms in total. The minimum atomic E-state index is -0.903. The van der Waals surface area contributed by atoms with Crippen molar-refractivity contribution in [3.8, 4) is 0 Å². The molecule has 1 aliphatic rings. The second-order valence-electron chi connectivity index (χ2n) is 5.39. The zero-order valence-corrected chi connectivity index (χ0v) is 12.9. The molecule has 116 valence electrons. The van der Waals surface area contributed by atoms with Crippen LogP contribution < -0.4 is 5.32 Å². The van der Waals surface area contributed by atoms with Gasteiger partial charge in [-0.2, -0.15) is 0 Å². The van der Waals surface area contributed by atoms with Crippen molar-refractivity contribution in [3.05, 3.63) is 57.3 Å². The van der Waals surface area contributed by atoms with Crippen LogP contribution in [0.15, 0.2) is 29.6 Å². The SMILES string of the molecule is CC(NC(=O)N1CCc2sccc2C1)c1ccc(F)c(F)c1. The summed E-state index contributed by atoms with van der Waals surface area (Å²) in [5.74, 6) is -1.79. The smallest absolute Gasteiger partial charge is 0.318 e. The number of hydrogen-bond acceptors (Lipinski definition) is 2. The third kappa shape index (κ3) is 2.97. The normalized spacial score (nSPS) is 15.3. The quantitative estimate of drug-likeness (QED) is 0.895. The van der Waals surface area contributed by atoms with Gasteiger partial charge in [0.1, 0.15) is 0 Å². The van der Waals surface area contributed by atoms with Crippen LogP contribution in [0.5, 0.6) is 0 Å². The van der Waals surface area contributed by atoms with Crippen molar-refractivity contribution in [1.29, 1.82) is 0 Å². The number of benzene rings is 1. The predicted octanol–water partition coefficient (Wildman–Crippen LogP) is 3.86. The Kier molecular flexibility index (Phi) is 4.11. The molecule has 22 heavy (non-hydrogen) atoms. The first kappa shape index (κ1) is 15.0. The summed E-state index contributed by atoms with van der Waals surface area (Å²) in [6.07, 6.45) is 0.861. The van der Waals surface area contributed by atoms with Crippen molar-refractivity contribution in [2.75, 3.05) is 6.54 Å². The van der Waals surface area contributed by atoms with Gasteiger partial charge in [0.25, 0.3) is 0 Å². The average molecular weight is 322 g/mol. The highest BCUT2D eigenvalue weighted by Gasteiger charge is 2.22. The number of amides is 2. The molecule has 1 unspecified atom stereocenters. The second-order valence-corrected chi connectivity index (χ2v) is 6.39. The Morgan fingerprint density at radius 3 is 2.91 bits per heavy atom. The van der Waals surface area contributed by atoms with Crippen molar-refractivity contribution in [3.63, 3.8) is 0 Å². The first-order valence-electron chi connectivity index (χ1n) is 7.10. The highest BCUT2D eigenvalue weighted by molar-refractivity contribution is 7.10. The van der Waals surface area contributed by atoms with Crippen LogP contribution >= 0.6 is 11.3 Å². The number of nitrogens with zero attached hydrogens (tertiary/aromatic N) is 1. The first-order valence-corrected chi connectivity index (χ1v) is 7.98. The summed E-state index contributed by atoms with van der Waals surface area (Å²) in [5, 5.41) is 4.87. The fraction of sp³-hybridized carbons (Fsp3) is 0.312. The van der Waals surface area contributed by atoms with E-state index in [0.717, 1.165) is 18.6 Å². The Morgan fingerprint density at radius 1 is 1.32 bits per heavy atom. The number of carbonyl (C=O) groups is 1. The number of halogens is 2. The molecule has 0 saturated carbocycles. The van der Waals surface area contributed by atoms with E-state index in [1.165, 1.54) is 16.5 Å². The minimum Gasteiger partial charge on any atom is -0.331 e. The topological polar surface area (TPSA) is 32.3 Å². The van der Waals surface area contributed by atoms with Crippen LogP contribution in [0.4, 0.5) is 13.6 Å². The van der Waals surface area contributed by atoms with Gasteiger partial charge in [-0.3, -0.25) is 0 Å². The van der Waals surface area contributed by atoms with Gasteiger partial charge in [0.15, 0.2) is 11.6 Å². The Labute approximate surface area is 131 Å². The van der Waals surface area contributed by atoms with Crippen LogP contribution in [-0.4, -0.2) is 17.5 Å². The fourth-order valence-electron chi connectivity index (χ4n) is 2.56. The van der Waals surface area contributed by atoms with E-state index in [1.54, 1.807) is 23.2 Å². The summed E-state index contributed by atoms with van der Waals surface area (Å²) in [4.78, 5) is 15.4. The van der Waals surface area contributed by atoms with Gasteiger partial charge in [-0.1, -0.05) is 6.07 Å². The molecule has 3 rings (SSSR count). The Morgan fingerprint density at radius 2 is 2.14 bits per heavy atom. The van der Waals surface area contributed by atoms with Crippen molar-refractivity contribution in [2.45, 2.75) is 25.9 Å². The molecular formula is C16H16F2N2OS. The number of fused-ring (bicyclic) bond motifs is 1. The molecule has 0 bridgehead atoms. The molecule has 1 aromatic heterocycles. The monoisotopic (exact) mass is 322 g/mol. The zero-order valence-electron chi connectivity index (χ0n) is 12.1. The van der Waals surface area contributed by atoms with Gasteiger partial charge in [-0.05, 0) is 48.1 Å². The lowest BCUT2D eigenvalue weighted by atomic mass is 10.1. The summed E-state index contributed by atoms with van der Waals surface area (Å²) >= 11 is 1.72. The zero-order chi connectivity index (χ0) is 15.7. The van der Waals surface area contributed by atoms with Crippen LogP contribution in [0, 0.1) is 11.6 Å². The van der Waals surface area contributed by atoms with Crippen LogP contribution in [0.1, 0.15) is 29.0 Å². The summed E-state index contributed by atoms with van der Waals surface area (Å²) in [7, 11) is 0. The minimum absolute atomic E-state index is 0.186. The summed E-state index contributed by atoms with van der Waals surface area (Å²) in [5.41, 5.74) is 1.73. The Hall–Kier alpha value is -1.95. The predicted molar refractivity (Wildman–Crippen MR) is 81.7 cm³/mol. The van der Waals surface area contributed by atoms with Gasteiger partial charge in [-0.15, -0.1) is 11.3 Å². The average Bonchev–Trinajstić information content (AvgIpc) is 2.97. The molecule has 0 spiro atoms. The number of thiophene rings is 1. The van der Waals surface area contributed by atoms with Crippen LogP contribution in [0.3, 0.4) is 0 Å². The van der Waals surface area contributed by atoms with Crippen LogP contribution in [0.25, 0.3) is 0 Å². The van der Waals surface area contributed by atoms with E-state index >= 15 is 0 Å². The number of urea groups is 1. The lowest BCUT2D eigenvalue weighted by Gasteiger charge is -2.28. The van der Waals surface area contributed by atoms with Gasteiger partial charge in [-0.25, -0.2) is 13.6 Å². The summed E-state index contributed by atoms with van der Waals surface area (Å²) in [6.45, 7) is 3.02. The molecule has 0 fully saturated rings. The van der Waals surface area contributed by atoms with E-state index in [2.05, 4.69) is 5.32 Å². The summed E-state index contributed by atoms with van der Waals surface area (Å²) in [6, 6.07) is 5.15. The maximum Gasteiger partial charge on any atom is 0.318 e. The van der Waals surface area contributed by atoms with E-state index in [1.807, 2.05) is 11.4 Å². The molecule has 2 aromatic rings. The van der Waals surface area contributed by atoms with E-state index < -0.39 is 11.6 Å². The third-order valence-electron chi connectivity index (χ3n) is 3.88. The third-order valence-corrected chi connectivity index (χ3v) is 4.90. The molecule has 2 heterocycles. The molecule has 6 heteroatoms. The van der Waals surface area contributed by atoms with E-state index in [0.29, 0.717) is 18.7 Å². The lowest BCUT2D eigenvalue weighted by Crippen LogP contribution is -2.43. The lowest BCUT2D eigenvalue weighted by molar-refractivity contribution is 0.189. The van der Waals surface area contributed by atoms with E-state index in [4.69, 9.17) is 0 Å². The molecule has 1 aromatic carbocycles. The largest absolute Gasteiger partial charge is 0.331 e. The van der Waals surface area contributed by atoms with Gasteiger partial charge >= 0.3 is 6.03 Å². The van der Waals surface area contributed by atoms with Gasteiger partial charge in [0.05, 0.1) is 6.04 Å². The molecular weight excluding hydrogens is 306 g/mol. The van der Waals surface area contributed by atoms with Gasteiger partial charge < -0.3 is 10.2 Å². The van der Waals surface area contributed by atoms with Gasteiger partial charge in [0.2, 0.25) is 0 Å². The molecule has 1 aliphatic heterocycles. The van der Waals surface area contributed by atoms with Crippen molar-refractivity contribution in [1.82, 2.24) is 10.2 Å². The second kappa shape index (κ2) is 6.04. The number of rotatable bonds is 2. The number of carbonyl (C=O) groups excluding carboxylic acids is 1. The molecule has 1 atom stereocenters. The molecule has 0 aliphatic carbocycles. The van der Waals surface area contributed by atoms with Crippen LogP contribution in [-0.2, 0) is 13.0 Å². The van der Waals surface area contributed by atoms with Gasteiger partial charge in [0, 0.05) is 18.0 Å². The highest BCUT2D eigenvalue weighted by atomic mass is 32.1. The molecule has 0 saturated heterocycles. The number of nitrogens with one attached hydrogen (secondary N) is 1. The Bertz CT molecular complexity index is 701. The van der Waals surface area contributed by atoms with E-state index in [-0.39, 0.29) is 12.1 Å².